The molecule has 23 heavy (non-hydrogen) atoms. The van der Waals surface area contributed by atoms with E-state index in [4.69, 9.17) is 10.00 Å². The molecule has 2 aromatic carbocycles. The minimum absolute atomic E-state index is 0.133. The largest absolute Gasteiger partial charge is 0.490 e. The number of benzene rings is 2. The first-order valence-electron chi connectivity index (χ1n) is 7.17. The molecule has 0 amide bonds. The second-order valence-electron chi connectivity index (χ2n) is 5.01. The number of nitrogens with zero attached hydrogens (tertiary/aromatic N) is 3. The molecule has 0 bridgehead atoms. The molecule has 1 N–H and O–H groups in total. The van der Waals surface area contributed by atoms with Crippen molar-refractivity contribution in [3.63, 3.8) is 0 Å². The molecular weight excluding hydrogens is 290 g/mol. The summed E-state index contributed by atoms with van der Waals surface area (Å²) in [5, 5.41) is 23.1. The molecule has 0 saturated carbocycles. The van der Waals surface area contributed by atoms with Crippen molar-refractivity contribution in [1.29, 1.82) is 5.26 Å². The molecular formula is C18H15N3O2. The van der Waals surface area contributed by atoms with E-state index in [1.165, 1.54) is 0 Å². The van der Waals surface area contributed by atoms with Gasteiger partial charge in [-0.05, 0) is 35.9 Å². The molecule has 0 aliphatic heterocycles. The molecule has 1 aromatic heterocycles. The minimum Gasteiger partial charge on any atom is -0.490 e. The Labute approximate surface area is 134 Å². The van der Waals surface area contributed by atoms with Gasteiger partial charge in [0.2, 0.25) is 0 Å². The van der Waals surface area contributed by atoms with E-state index in [1.807, 2.05) is 42.6 Å². The van der Waals surface area contributed by atoms with Crippen LogP contribution in [0.5, 0.6) is 5.75 Å². The van der Waals surface area contributed by atoms with Crippen molar-refractivity contribution in [2.24, 2.45) is 0 Å². The number of nitriles is 1. The molecule has 1 heterocycles. The van der Waals surface area contributed by atoms with E-state index in [1.54, 1.807) is 35.1 Å². The van der Waals surface area contributed by atoms with E-state index in [2.05, 4.69) is 5.10 Å². The van der Waals surface area contributed by atoms with Gasteiger partial charge in [0, 0.05) is 18.5 Å². The number of aromatic nitrogens is 2. The Morgan fingerprint density at radius 2 is 2.00 bits per heavy atom. The van der Waals surface area contributed by atoms with Gasteiger partial charge in [0.25, 0.3) is 0 Å². The SMILES string of the molecule is N#Cc1ccc(C(O)COc2cccc(-n3cccn3)c2)cc1. The average molecular weight is 305 g/mol. The van der Waals surface area contributed by atoms with Gasteiger partial charge in [-0.25, -0.2) is 4.68 Å². The van der Waals surface area contributed by atoms with Gasteiger partial charge in [-0.15, -0.1) is 0 Å². The summed E-state index contributed by atoms with van der Waals surface area (Å²) in [4.78, 5) is 0. The Hall–Kier alpha value is -3.10. The Balaban J connectivity index is 1.66. The first-order chi connectivity index (χ1) is 11.3. The van der Waals surface area contributed by atoms with Crippen molar-refractivity contribution in [1.82, 2.24) is 9.78 Å². The summed E-state index contributed by atoms with van der Waals surface area (Å²) < 4.78 is 7.40. The second-order valence-corrected chi connectivity index (χ2v) is 5.01. The van der Waals surface area contributed by atoms with E-state index in [0.717, 1.165) is 5.69 Å². The summed E-state index contributed by atoms with van der Waals surface area (Å²) in [6.45, 7) is 0.133. The van der Waals surface area contributed by atoms with Crippen LogP contribution in [0.1, 0.15) is 17.2 Å². The van der Waals surface area contributed by atoms with Crippen molar-refractivity contribution in [3.05, 3.63) is 78.1 Å². The van der Waals surface area contributed by atoms with Gasteiger partial charge in [-0.2, -0.15) is 10.4 Å². The van der Waals surface area contributed by atoms with Crippen LogP contribution in [0.2, 0.25) is 0 Å². The van der Waals surface area contributed by atoms with Crippen LogP contribution in [0.15, 0.2) is 67.0 Å². The van der Waals surface area contributed by atoms with Crippen molar-refractivity contribution in [3.8, 4) is 17.5 Å². The zero-order chi connectivity index (χ0) is 16.1. The Bertz CT molecular complexity index is 805. The van der Waals surface area contributed by atoms with Gasteiger partial charge in [0.15, 0.2) is 0 Å². The van der Waals surface area contributed by atoms with Gasteiger partial charge in [0.1, 0.15) is 18.5 Å². The number of aliphatic hydroxyl groups is 1. The smallest absolute Gasteiger partial charge is 0.121 e. The first-order valence-corrected chi connectivity index (χ1v) is 7.17. The van der Waals surface area contributed by atoms with Crippen LogP contribution in [0.4, 0.5) is 0 Å². The molecule has 5 heteroatoms. The third-order valence-corrected chi connectivity index (χ3v) is 3.42. The lowest BCUT2D eigenvalue weighted by atomic mass is 10.1. The second kappa shape index (κ2) is 6.77. The van der Waals surface area contributed by atoms with E-state index in [-0.39, 0.29) is 6.61 Å². The first kappa shape index (κ1) is 14.8. The third kappa shape index (κ3) is 3.57. The molecule has 3 rings (SSSR count). The highest BCUT2D eigenvalue weighted by Crippen LogP contribution is 2.19. The highest BCUT2D eigenvalue weighted by atomic mass is 16.5. The molecule has 0 radical (unpaired) electrons. The maximum absolute atomic E-state index is 10.2. The predicted octanol–water partition coefficient (Wildman–Crippen LogP) is 2.86. The van der Waals surface area contributed by atoms with Gasteiger partial charge in [0.05, 0.1) is 17.3 Å². The fourth-order valence-electron chi connectivity index (χ4n) is 2.19. The number of hydrogen-bond acceptors (Lipinski definition) is 4. The Kier molecular flexibility index (Phi) is 4.37. The Morgan fingerprint density at radius 3 is 2.70 bits per heavy atom. The molecule has 0 spiro atoms. The molecule has 0 fully saturated rings. The number of aliphatic hydroxyl groups excluding tert-OH is 1. The summed E-state index contributed by atoms with van der Waals surface area (Å²) in [5.41, 5.74) is 2.17. The summed E-state index contributed by atoms with van der Waals surface area (Å²) in [5.74, 6) is 0.658. The van der Waals surface area contributed by atoms with Gasteiger partial charge < -0.3 is 9.84 Å². The van der Waals surface area contributed by atoms with Crippen LogP contribution < -0.4 is 4.74 Å². The summed E-state index contributed by atoms with van der Waals surface area (Å²) in [6, 6.07) is 18.2. The van der Waals surface area contributed by atoms with Crippen LogP contribution in [0.25, 0.3) is 5.69 Å². The van der Waals surface area contributed by atoms with Crippen LogP contribution in [-0.2, 0) is 0 Å². The molecule has 0 saturated heterocycles. The molecule has 1 atom stereocenters. The standard InChI is InChI=1S/C18H15N3O2/c19-12-14-5-7-15(8-6-14)18(22)13-23-17-4-1-3-16(11-17)21-10-2-9-20-21/h1-11,18,22H,13H2. The molecule has 5 nitrogen and oxygen atoms in total. The topological polar surface area (TPSA) is 71.1 Å². The van der Waals surface area contributed by atoms with E-state index in [0.29, 0.717) is 16.9 Å². The zero-order valence-corrected chi connectivity index (χ0v) is 12.3. The van der Waals surface area contributed by atoms with Crippen molar-refractivity contribution in [2.45, 2.75) is 6.10 Å². The van der Waals surface area contributed by atoms with Crippen molar-refractivity contribution >= 4 is 0 Å². The molecule has 3 aromatic rings. The molecule has 1 unspecified atom stereocenters. The lowest BCUT2D eigenvalue weighted by Gasteiger charge is -2.13. The molecule has 0 aliphatic rings. The fourth-order valence-corrected chi connectivity index (χ4v) is 2.19. The monoisotopic (exact) mass is 305 g/mol. The number of hydrogen-bond donors (Lipinski definition) is 1. The maximum Gasteiger partial charge on any atom is 0.121 e. The average Bonchev–Trinajstić information content (AvgIpc) is 3.15. The minimum atomic E-state index is -0.754. The number of rotatable bonds is 5. The fraction of sp³-hybridized carbons (Fsp3) is 0.111. The van der Waals surface area contributed by atoms with Crippen LogP contribution in [0.3, 0.4) is 0 Å². The van der Waals surface area contributed by atoms with Gasteiger partial charge >= 0.3 is 0 Å². The van der Waals surface area contributed by atoms with E-state index < -0.39 is 6.10 Å². The lowest BCUT2D eigenvalue weighted by Crippen LogP contribution is -2.09. The van der Waals surface area contributed by atoms with Crippen LogP contribution in [-0.4, -0.2) is 21.5 Å². The number of ether oxygens (including phenoxy) is 1. The van der Waals surface area contributed by atoms with Gasteiger partial charge in [-0.3, -0.25) is 0 Å². The highest BCUT2D eigenvalue weighted by Gasteiger charge is 2.09. The van der Waals surface area contributed by atoms with Crippen molar-refractivity contribution < 1.29 is 9.84 Å². The van der Waals surface area contributed by atoms with Crippen molar-refractivity contribution in [2.75, 3.05) is 6.61 Å². The predicted molar refractivity (Wildman–Crippen MR) is 85.2 cm³/mol. The van der Waals surface area contributed by atoms with Crippen LogP contribution >= 0.6 is 0 Å². The van der Waals surface area contributed by atoms with E-state index in [9.17, 15) is 5.11 Å². The quantitative estimate of drug-likeness (QED) is 0.787. The summed E-state index contributed by atoms with van der Waals surface area (Å²) >= 11 is 0. The molecule has 0 aliphatic carbocycles. The zero-order valence-electron chi connectivity index (χ0n) is 12.3. The maximum atomic E-state index is 10.2. The lowest BCUT2D eigenvalue weighted by molar-refractivity contribution is 0.108. The third-order valence-electron chi connectivity index (χ3n) is 3.42. The summed E-state index contributed by atoms with van der Waals surface area (Å²) in [7, 11) is 0. The summed E-state index contributed by atoms with van der Waals surface area (Å²) in [6.07, 6.45) is 2.81. The molecule has 114 valence electrons. The van der Waals surface area contributed by atoms with E-state index >= 15 is 0 Å². The highest BCUT2D eigenvalue weighted by molar-refractivity contribution is 5.38. The normalized spacial score (nSPS) is 11.7. The van der Waals surface area contributed by atoms with Crippen LogP contribution in [0, 0.1) is 11.3 Å². The van der Waals surface area contributed by atoms with Gasteiger partial charge in [-0.1, -0.05) is 18.2 Å². The Morgan fingerprint density at radius 1 is 1.17 bits per heavy atom.